The number of hydrogen-bond donors (Lipinski definition) is 0. The zero-order valence-corrected chi connectivity index (χ0v) is 27.3. The topological polar surface area (TPSA) is 46.3 Å². The number of fused-ring (bicyclic) bond motifs is 6. The molecule has 0 N–H and O–H groups in total. The molecule has 3 heterocycles. The lowest BCUT2D eigenvalue weighted by molar-refractivity contribution is 0.861. The van der Waals surface area contributed by atoms with Crippen molar-refractivity contribution in [1.29, 1.82) is 0 Å². The van der Waals surface area contributed by atoms with Crippen molar-refractivity contribution in [2.75, 3.05) is 4.90 Å². The second kappa shape index (κ2) is 12.0. The molecule has 0 saturated heterocycles. The second-order valence-corrected chi connectivity index (χ2v) is 13.2. The van der Waals surface area contributed by atoms with E-state index in [0.29, 0.717) is 5.92 Å². The van der Waals surface area contributed by atoms with Crippen LogP contribution in [0.25, 0.3) is 38.7 Å². The van der Waals surface area contributed by atoms with Crippen molar-refractivity contribution in [1.82, 2.24) is 19.6 Å². The zero-order chi connectivity index (χ0) is 31.9. The van der Waals surface area contributed by atoms with Crippen molar-refractivity contribution in [2.45, 2.75) is 36.5 Å². The molecule has 0 bridgehead atoms. The molecule has 0 amide bonds. The molecule has 5 nitrogen and oxygen atoms in total. The van der Waals surface area contributed by atoms with Crippen LogP contribution >= 0.6 is 11.8 Å². The van der Waals surface area contributed by atoms with Crippen LogP contribution in [0.2, 0.25) is 0 Å². The zero-order valence-electron chi connectivity index (χ0n) is 26.5. The Kier molecular flexibility index (Phi) is 7.43. The quantitative estimate of drug-likeness (QED) is 0.165. The summed E-state index contributed by atoms with van der Waals surface area (Å²) in [6.45, 7) is 6.62. The first-order chi connectivity index (χ1) is 23.0. The van der Waals surface area contributed by atoms with Crippen molar-refractivity contribution in [3.05, 3.63) is 151 Å². The van der Waals surface area contributed by atoms with Gasteiger partial charge in [0.15, 0.2) is 11.5 Å². The lowest BCUT2D eigenvalue weighted by Gasteiger charge is -2.26. The Morgan fingerprint density at radius 3 is 2.23 bits per heavy atom. The minimum absolute atomic E-state index is 0.356. The highest BCUT2D eigenvalue weighted by Gasteiger charge is 2.19. The molecule has 0 aliphatic carbocycles. The average molecular weight is 628 g/mol. The fourth-order valence-electron chi connectivity index (χ4n) is 6.33. The van der Waals surface area contributed by atoms with E-state index in [9.17, 15) is 0 Å². The first-order valence-corrected chi connectivity index (χ1v) is 16.7. The summed E-state index contributed by atoms with van der Waals surface area (Å²) in [6.07, 6.45) is 1.85. The molecule has 0 radical (unpaired) electrons. The van der Waals surface area contributed by atoms with Gasteiger partial charge in [-0.2, -0.15) is 0 Å². The first-order valence-electron chi connectivity index (χ1n) is 15.9. The number of benzene rings is 5. The number of aromatic nitrogens is 4. The van der Waals surface area contributed by atoms with Gasteiger partial charge in [-0.15, -0.1) is 10.2 Å². The summed E-state index contributed by atoms with van der Waals surface area (Å²) < 4.78 is 2.22. The van der Waals surface area contributed by atoms with Crippen LogP contribution in [0.1, 0.15) is 30.9 Å². The van der Waals surface area contributed by atoms with E-state index in [2.05, 4.69) is 145 Å². The lowest BCUT2D eigenvalue weighted by Crippen LogP contribution is -2.12. The van der Waals surface area contributed by atoms with Crippen LogP contribution in [0.4, 0.5) is 17.2 Å². The fourth-order valence-corrected chi connectivity index (χ4v) is 7.29. The molecule has 0 unspecified atom stereocenters. The van der Waals surface area contributed by atoms with Crippen molar-refractivity contribution in [2.24, 2.45) is 0 Å². The van der Waals surface area contributed by atoms with Gasteiger partial charge in [-0.25, -0.2) is 4.98 Å². The van der Waals surface area contributed by atoms with E-state index < -0.39 is 0 Å². The molecular weight excluding hydrogens is 595 g/mol. The average Bonchev–Trinajstić information content (AvgIpc) is 3.55. The lowest BCUT2D eigenvalue weighted by atomic mass is 10.0. The monoisotopic (exact) mass is 627 g/mol. The number of aryl methyl sites for hydroxylation is 1. The minimum atomic E-state index is 0.356. The molecule has 0 fully saturated rings. The van der Waals surface area contributed by atoms with Crippen LogP contribution in [0.3, 0.4) is 0 Å². The van der Waals surface area contributed by atoms with Crippen LogP contribution in [0.15, 0.2) is 149 Å². The van der Waals surface area contributed by atoms with E-state index in [0.717, 1.165) is 50.0 Å². The molecule has 47 heavy (non-hydrogen) atoms. The summed E-state index contributed by atoms with van der Waals surface area (Å²) in [4.78, 5) is 9.28. The van der Waals surface area contributed by atoms with Gasteiger partial charge in [-0.3, -0.25) is 9.30 Å². The van der Waals surface area contributed by atoms with Crippen LogP contribution in [-0.2, 0) is 0 Å². The number of rotatable bonds is 7. The van der Waals surface area contributed by atoms with E-state index in [1.165, 1.54) is 26.8 Å². The molecule has 0 saturated carbocycles. The van der Waals surface area contributed by atoms with E-state index in [1.807, 2.05) is 24.4 Å². The van der Waals surface area contributed by atoms with Gasteiger partial charge in [0.2, 0.25) is 0 Å². The smallest absolute Gasteiger partial charge is 0.169 e. The summed E-state index contributed by atoms with van der Waals surface area (Å²) in [5, 5.41) is 13.0. The summed E-state index contributed by atoms with van der Waals surface area (Å²) in [7, 11) is 0. The van der Waals surface area contributed by atoms with E-state index in [-0.39, 0.29) is 0 Å². The van der Waals surface area contributed by atoms with Gasteiger partial charge >= 0.3 is 0 Å². The van der Waals surface area contributed by atoms with Crippen molar-refractivity contribution in [3.8, 4) is 11.4 Å². The fraction of sp³-hybridized carbons (Fsp3) is 0.0976. The molecule has 3 aromatic heterocycles. The van der Waals surface area contributed by atoms with Gasteiger partial charge in [0, 0.05) is 43.7 Å². The molecule has 0 atom stereocenters. The van der Waals surface area contributed by atoms with E-state index in [1.54, 1.807) is 11.8 Å². The van der Waals surface area contributed by atoms with E-state index >= 15 is 0 Å². The van der Waals surface area contributed by atoms with Crippen molar-refractivity contribution >= 4 is 56.3 Å². The molecule has 228 valence electrons. The highest BCUT2D eigenvalue weighted by molar-refractivity contribution is 7.99. The normalized spacial score (nSPS) is 11.6. The minimum Gasteiger partial charge on any atom is -0.295 e. The van der Waals surface area contributed by atoms with Crippen LogP contribution in [0.5, 0.6) is 0 Å². The van der Waals surface area contributed by atoms with E-state index in [4.69, 9.17) is 15.2 Å². The van der Waals surface area contributed by atoms with Gasteiger partial charge in [0.25, 0.3) is 0 Å². The highest BCUT2D eigenvalue weighted by Crippen LogP contribution is 2.41. The van der Waals surface area contributed by atoms with Gasteiger partial charge in [0.1, 0.15) is 5.82 Å². The Labute approximate surface area is 278 Å². The Morgan fingerprint density at radius 2 is 1.43 bits per heavy atom. The molecule has 5 aromatic carbocycles. The summed E-state index contributed by atoms with van der Waals surface area (Å²) >= 11 is 1.77. The largest absolute Gasteiger partial charge is 0.295 e. The van der Waals surface area contributed by atoms with Gasteiger partial charge in [-0.1, -0.05) is 98.4 Å². The molecule has 0 aliphatic heterocycles. The maximum atomic E-state index is 4.79. The summed E-state index contributed by atoms with van der Waals surface area (Å²) in [5.41, 5.74) is 7.65. The standard InChI is InChI=1S/C41H33N5S/c1-27(2)29-23-31(45(30-14-5-4-6-15-30)39-19-11-12-22-42-39)25-33(24-29)47-32-20-21-35-36-17-9-10-18-38(36)46-40(34-16-8-7-13-28(34)3)43-44-41(46)37(35)26-32/h4-27H,1-3H3. The Bertz CT molecular complexity index is 2340. The van der Waals surface area contributed by atoms with Gasteiger partial charge < -0.3 is 0 Å². The van der Waals surface area contributed by atoms with Crippen LogP contribution in [0, 0.1) is 6.92 Å². The van der Waals surface area contributed by atoms with Crippen LogP contribution < -0.4 is 4.90 Å². The Hall–Kier alpha value is -5.46. The molecule has 0 aliphatic rings. The van der Waals surface area contributed by atoms with Crippen LogP contribution in [-0.4, -0.2) is 19.6 Å². The van der Waals surface area contributed by atoms with Crippen molar-refractivity contribution in [3.63, 3.8) is 0 Å². The number of nitrogens with zero attached hydrogens (tertiary/aromatic N) is 5. The predicted octanol–water partition coefficient (Wildman–Crippen LogP) is 11.2. The number of hydrogen-bond acceptors (Lipinski definition) is 5. The third-order valence-corrected chi connectivity index (χ3v) is 9.64. The molecular formula is C41H33N5S. The first kappa shape index (κ1) is 29.0. The summed E-state index contributed by atoms with van der Waals surface area (Å²) in [6, 6.07) is 47.0. The number of anilines is 3. The van der Waals surface area contributed by atoms with Gasteiger partial charge in [-0.05, 0) is 90.0 Å². The Balaban J connectivity index is 1.28. The summed E-state index contributed by atoms with van der Waals surface area (Å²) in [5.74, 6) is 2.10. The SMILES string of the molecule is Cc1ccccc1-c1nnc2c3cc(Sc4cc(C(C)C)cc(N(c5ccccc5)c5ccccn5)c4)ccc3c3ccccc3n12. The second-order valence-electron chi connectivity index (χ2n) is 12.1. The third kappa shape index (κ3) is 5.30. The molecule has 8 rings (SSSR count). The van der Waals surface area contributed by atoms with Gasteiger partial charge in [0.05, 0.1) is 5.52 Å². The molecule has 8 aromatic rings. The highest BCUT2D eigenvalue weighted by atomic mass is 32.2. The predicted molar refractivity (Wildman–Crippen MR) is 195 cm³/mol. The molecule has 6 heteroatoms. The van der Waals surface area contributed by atoms with Crippen molar-refractivity contribution < 1.29 is 0 Å². The molecule has 0 spiro atoms. The number of pyridine rings is 2. The maximum Gasteiger partial charge on any atom is 0.169 e. The third-order valence-electron chi connectivity index (χ3n) is 8.68. The maximum absolute atomic E-state index is 4.79. The Morgan fingerprint density at radius 1 is 0.638 bits per heavy atom. The number of para-hydroxylation sites is 2.